The van der Waals surface area contributed by atoms with Crippen LogP contribution < -0.4 is 0 Å². The number of hydrogen-bond acceptors (Lipinski definition) is 5. The summed E-state index contributed by atoms with van der Waals surface area (Å²) in [4.78, 5) is 4.07. The third-order valence-electron chi connectivity index (χ3n) is 2.42. The van der Waals surface area contributed by atoms with Crippen LogP contribution in [-0.4, -0.2) is 36.5 Å². The molecule has 0 N–H and O–H groups in total. The van der Waals surface area contributed by atoms with Crippen LogP contribution in [0.2, 0.25) is 0 Å². The van der Waals surface area contributed by atoms with E-state index >= 15 is 0 Å². The molecule has 2 atom stereocenters. The van der Waals surface area contributed by atoms with Gasteiger partial charge in [-0.25, -0.2) is 17.4 Å². The maximum atomic E-state index is 11.3. The third-order valence-corrected chi connectivity index (χ3v) is 3.39. The maximum Gasteiger partial charge on any atom is 0.236 e. The maximum absolute atomic E-state index is 11.3. The van der Waals surface area contributed by atoms with Crippen molar-refractivity contribution in [3.63, 3.8) is 0 Å². The van der Waals surface area contributed by atoms with Gasteiger partial charge < -0.3 is 9.47 Å². The van der Waals surface area contributed by atoms with Crippen LogP contribution in [0.15, 0.2) is 12.5 Å². The van der Waals surface area contributed by atoms with E-state index in [9.17, 15) is 8.42 Å². The average molecular weight is 276 g/mol. The molecule has 6 nitrogen and oxygen atoms in total. The fourth-order valence-corrected chi connectivity index (χ4v) is 2.07. The molecule has 1 aromatic heterocycles. The Morgan fingerprint density at radius 2 is 2.11 bits per heavy atom. The lowest BCUT2D eigenvalue weighted by Gasteiger charge is -2.19. The van der Waals surface area contributed by atoms with Gasteiger partial charge in [0.25, 0.3) is 0 Å². The summed E-state index contributed by atoms with van der Waals surface area (Å²) in [7, 11) is -3.30. The van der Waals surface area contributed by atoms with Crippen LogP contribution in [-0.2, 0) is 19.5 Å². The molecule has 0 amide bonds. The van der Waals surface area contributed by atoms with E-state index in [1.54, 1.807) is 6.92 Å². The first-order valence-corrected chi connectivity index (χ1v) is 7.74. The van der Waals surface area contributed by atoms with Crippen molar-refractivity contribution < 1.29 is 17.9 Å². The molecule has 0 spiro atoms. The predicted molar refractivity (Wildman–Crippen MR) is 67.7 cm³/mol. The van der Waals surface area contributed by atoms with Gasteiger partial charge in [-0.3, -0.25) is 0 Å². The Bertz CT molecular complexity index is 469. The van der Waals surface area contributed by atoms with Crippen molar-refractivity contribution in [1.82, 2.24) is 8.96 Å². The van der Waals surface area contributed by atoms with E-state index in [1.807, 2.05) is 13.8 Å². The summed E-state index contributed by atoms with van der Waals surface area (Å²) < 4.78 is 34.7. The summed E-state index contributed by atoms with van der Waals surface area (Å²) in [6.45, 7) is 6.21. The van der Waals surface area contributed by atoms with Gasteiger partial charge in [-0.2, -0.15) is 0 Å². The van der Waals surface area contributed by atoms with Gasteiger partial charge in [-0.05, 0) is 20.3 Å². The fourth-order valence-electron chi connectivity index (χ4n) is 1.55. The first-order valence-electron chi connectivity index (χ1n) is 5.90. The molecule has 0 aliphatic heterocycles. The van der Waals surface area contributed by atoms with Crippen LogP contribution in [0, 0.1) is 0 Å². The van der Waals surface area contributed by atoms with Crippen LogP contribution in [0.5, 0.6) is 0 Å². The monoisotopic (exact) mass is 276 g/mol. The lowest BCUT2D eigenvalue weighted by atomic mass is 10.2. The molecule has 1 heterocycles. The van der Waals surface area contributed by atoms with Crippen LogP contribution in [0.25, 0.3) is 0 Å². The average Bonchev–Trinajstić information content (AvgIpc) is 2.75. The van der Waals surface area contributed by atoms with E-state index in [0.717, 1.165) is 10.2 Å². The second kappa shape index (κ2) is 6.31. The van der Waals surface area contributed by atoms with Crippen LogP contribution in [0.3, 0.4) is 0 Å². The summed E-state index contributed by atoms with van der Waals surface area (Å²) in [6, 6.07) is 0. The Hall–Kier alpha value is -0.920. The normalized spacial score (nSPS) is 15.6. The highest BCUT2D eigenvalue weighted by atomic mass is 32.2. The first-order chi connectivity index (χ1) is 8.38. The largest absolute Gasteiger partial charge is 0.353 e. The van der Waals surface area contributed by atoms with E-state index in [-0.39, 0.29) is 12.4 Å². The number of rotatable bonds is 7. The van der Waals surface area contributed by atoms with E-state index in [4.69, 9.17) is 9.47 Å². The summed E-state index contributed by atoms with van der Waals surface area (Å²) in [5, 5.41) is 0. The molecule has 0 aromatic carbocycles. The van der Waals surface area contributed by atoms with Crippen molar-refractivity contribution in [3.8, 4) is 0 Å². The topological polar surface area (TPSA) is 70.4 Å². The van der Waals surface area contributed by atoms with Crippen LogP contribution in [0.1, 0.15) is 39.0 Å². The van der Waals surface area contributed by atoms with Crippen molar-refractivity contribution in [2.75, 3.05) is 12.9 Å². The summed E-state index contributed by atoms with van der Waals surface area (Å²) in [5.74, 6) is 0. The van der Waals surface area contributed by atoms with Crippen molar-refractivity contribution >= 4 is 10.0 Å². The van der Waals surface area contributed by atoms with Gasteiger partial charge in [-0.1, -0.05) is 6.92 Å². The van der Waals surface area contributed by atoms with E-state index < -0.39 is 10.0 Å². The zero-order valence-corrected chi connectivity index (χ0v) is 12.0. The second-order valence-corrected chi connectivity index (χ2v) is 5.84. The van der Waals surface area contributed by atoms with Gasteiger partial charge in [0.15, 0.2) is 6.29 Å². The Morgan fingerprint density at radius 3 is 2.56 bits per heavy atom. The molecule has 0 aliphatic carbocycles. The van der Waals surface area contributed by atoms with E-state index in [2.05, 4.69) is 4.98 Å². The fraction of sp³-hybridized carbons (Fsp3) is 0.727. The number of ether oxygens (including phenoxy) is 2. The molecular weight excluding hydrogens is 256 g/mol. The highest BCUT2D eigenvalue weighted by Gasteiger charge is 2.18. The Morgan fingerprint density at radius 1 is 1.44 bits per heavy atom. The number of aromatic nitrogens is 2. The van der Waals surface area contributed by atoms with Crippen molar-refractivity contribution in [1.29, 1.82) is 0 Å². The summed E-state index contributed by atoms with van der Waals surface area (Å²) in [5.41, 5.74) is 0.592. The zero-order chi connectivity index (χ0) is 13.8. The predicted octanol–water partition coefficient (Wildman–Crippen LogP) is 1.54. The minimum Gasteiger partial charge on any atom is -0.353 e. The minimum absolute atomic E-state index is 0.269. The minimum atomic E-state index is -3.30. The SMILES string of the molecule is CCOC(C)OC(CC)c1cn(S(C)(=O)=O)cn1. The molecular formula is C11H20N2O4S. The van der Waals surface area contributed by atoms with Gasteiger partial charge in [0.1, 0.15) is 12.4 Å². The molecule has 0 radical (unpaired) electrons. The van der Waals surface area contributed by atoms with Crippen molar-refractivity contribution in [3.05, 3.63) is 18.2 Å². The first kappa shape index (κ1) is 15.1. The molecule has 0 bridgehead atoms. The van der Waals surface area contributed by atoms with Crippen molar-refractivity contribution in [2.45, 2.75) is 39.6 Å². The van der Waals surface area contributed by atoms with Gasteiger partial charge >= 0.3 is 0 Å². The molecule has 0 saturated heterocycles. The molecule has 104 valence electrons. The second-order valence-electron chi connectivity index (χ2n) is 3.95. The summed E-state index contributed by atoms with van der Waals surface area (Å²) in [6.07, 6.45) is 3.96. The zero-order valence-electron chi connectivity index (χ0n) is 11.2. The Balaban J connectivity index is 2.80. The van der Waals surface area contributed by atoms with E-state index in [0.29, 0.717) is 18.7 Å². The lowest BCUT2D eigenvalue weighted by Crippen LogP contribution is -2.17. The molecule has 1 aromatic rings. The van der Waals surface area contributed by atoms with Gasteiger partial charge in [0.2, 0.25) is 10.0 Å². The molecule has 1 rings (SSSR count). The molecule has 2 unspecified atom stereocenters. The molecule has 18 heavy (non-hydrogen) atoms. The van der Waals surface area contributed by atoms with Gasteiger partial charge in [-0.15, -0.1) is 0 Å². The van der Waals surface area contributed by atoms with Gasteiger partial charge in [0, 0.05) is 12.8 Å². The van der Waals surface area contributed by atoms with Crippen LogP contribution >= 0.6 is 0 Å². The smallest absolute Gasteiger partial charge is 0.236 e. The summed E-state index contributed by atoms with van der Waals surface area (Å²) >= 11 is 0. The van der Waals surface area contributed by atoms with E-state index in [1.165, 1.54) is 12.5 Å². The molecule has 7 heteroatoms. The molecule has 0 fully saturated rings. The highest BCUT2D eigenvalue weighted by molar-refractivity contribution is 7.89. The number of nitrogens with zero attached hydrogens (tertiary/aromatic N) is 2. The van der Waals surface area contributed by atoms with Crippen LogP contribution in [0.4, 0.5) is 0 Å². The quantitative estimate of drug-likeness (QED) is 0.706. The lowest BCUT2D eigenvalue weighted by molar-refractivity contribution is -0.160. The number of imidazole rings is 1. The standard InChI is InChI=1S/C11H20N2O4S/c1-5-11(17-9(3)16-6-2)10-7-13(8-12-10)18(4,14)15/h7-9,11H,5-6H2,1-4H3. The third kappa shape index (κ3) is 4.08. The highest BCUT2D eigenvalue weighted by Crippen LogP contribution is 2.21. The van der Waals surface area contributed by atoms with Gasteiger partial charge in [0.05, 0.1) is 11.9 Å². The molecule has 0 saturated carbocycles. The van der Waals surface area contributed by atoms with Crippen molar-refractivity contribution in [2.24, 2.45) is 0 Å². The Kier molecular flexibility index (Phi) is 5.30. The molecule has 0 aliphatic rings. The Labute approximate surface area is 108 Å². The number of hydrogen-bond donors (Lipinski definition) is 0.